The van der Waals surface area contributed by atoms with Crippen molar-refractivity contribution in [3.63, 3.8) is 0 Å². The topological polar surface area (TPSA) is 38.1 Å². The summed E-state index contributed by atoms with van der Waals surface area (Å²) >= 11 is 9.57. The molecule has 90 valence electrons. The average Bonchev–Trinajstić information content (AvgIpc) is 2.78. The van der Waals surface area contributed by atoms with Crippen LogP contribution in [0.2, 0.25) is 5.02 Å². The minimum Gasteiger partial charge on any atom is -0.364 e. The molecule has 1 heterocycles. The number of rotatable bonds is 4. The van der Waals surface area contributed by atoms with E-state index in [1.807, 2.05) is 24.3 Å². The highest BCUT2D eigenvalue weighted by Crippen LogP contribution is 2.26. The van der Waals surface area contributed by atoms with Gasteiger partial charge in [0.15, 0.2) is 0 Å². The third-order valence-electron chi connectivity index (χ3n) is 2.51. The molecule has 0 fully saturated rings. The summed E-state index contributed by atoms with van der Waals surface area (Å²) < 4.78 is 5.75. The maximum atomic E-state index is 6.18. The molecule has 1 N–H and O–H groups in total. The zero-order valence-electron chi connectivity index (χ0n) is 9.28. The van der Waals surface area contributed by atoms with Gasteiger partial charge in [-0.3, -0.25) is 0 Å². The lowest BCUT2D eigenvalue weighted by atomic mass is 10.1. The van der Waals surface area contributed by atoms with Crippen LogP contribution in [-0.4, -0.2) is 5.16 Å². The highest BCUT2D eigenvalue weighted by molar-refractivity contribution is 9.10. The van der Waals surface area contributed by atoms with Gasteiger partial charge in [-0.1, -0.05) is 38.8 Å². The number of halogens is 2. The number of nitrogens with zero attached hydrogens (tertiary/aromatic N) is 1. The molecule has 0 aliphatic heterocycles. The maximum absolute atomic E-state index is 6.18. The van der Waals surface area contributed by atoms with E-state index < -0.39 is 0 Å². The quantitative estimate of drug-likeness (QED) is 0.928. The predicted octanol–water partition coefficient (Wildman–Crippen LogP) is 3.94. The second kappa shape index (κ2) is 5.67. The van der Waals surface area contributed by atoms with Gasteiger partial charge in [0.05, 0.1) is 5.69 Å². The predicted molar refractivity (Wildman–Crippen MR) is 70.9 cm³/mol. The summed E-state index contributed by atoms with van der Waals surface area (Å²) in [6, 6.07) is 7.88. The summed E-state index contributed by atoms with van der Waals surface area (Å²) in [6.07, 6.45) is 1.56. The zero-order valence-corrected chi connectivity index (χ0v) is 11.6. The second-order valence-corrected chi connectivity index (χ2v) is 5.08. The molecule has 17 heavy (non-hydrogen) atoms. The van der Waals surface area contributed by atoms with Crippen LogP contribution in [0.15, 0.2) is 39.5 Å². The first kappa shape index (κ1) is 12.6. The number of hydrogen-bond donors (Lipinski definition) is 1. The third-order valence-corrected chi connectivity index (χ3v) is 3.33. The van der Waals surface area contributed by atoms with Crippen LogP contribution < -0.4 is 5.32 Å². The molecular formula is C12H12BrClN2O. The van der Waals surface area contributed by atoms with Crippen molar-refractivity contribution >= 4 is 27.5 Å². The van der Waals surface area contributed by atoms with E-state index in [0.29, 0.717) is 6.54 Å². The fraction of sp³-hybridized carbons (Fsp3) is 0.250. The molecule has 0 radical (unpaired) electrons. The van der Waals surface area contributed by atoms with Gasteiger partial charge in [-0.05, 0) is 24.6 Å². The Bertz CT molecular complexity index is 487. The molecule has 0 saturated heterocycles. The summed E-state index contributed by atoms with van der Waals surface area (Å²) in [5.74, 6) is 0. The Labute approximate surface area is 113 Å². The molecule has 0 spiro atoms. The molecule has 2 aromatic rings. The SMILES string of the molecule is CC(NCc1ccon1)c1ccc(Br)cc1Cl. The fourth-order valence-electron chi connectivity index (χ4n) is 1.55. The fourth-order valence-corrected chi connectivity index (χ4v) is 2.39. The minimum absolute atomic E-state index is 0.160. The van der Waals surface area contributed by atoms with Gasteiger partial charge in [0.2, 0.25) is 0 Å². The first-order chi connectivity index (χ1) is 8.16. The van der Waals surface area contributed by atoms with Crippen molar-refractivity contribution < 1.29 is 4.52 Å². The number of nitrogens with one attached hydrogen (secondary N) is 1. The molecule has 0 saturated carbocycles. The number of aromatic nitrogens is 1. The molecule has 0 bridgehead atoms. The van der Waals surface area contributed by atoms with Gasteiger partial charge >= 0.3 is 0 Å². The molecule has 2 rings (SSSR count). The summed E-state index contributed by atoms with van der Waals surface area (Å²) in [4.78, 5) is 0. The summed E-state index contributed by atoms with van der Waals surface area (Å²) in [7, 11) is 0. The Kier molecular flexibility index (Phi) is 4.20. The zero-order chi connectivity index (χ0) is 12.3. The van der Waals surface area contributed by atoms with E-state index in [9.17, 15) is 0 Å². The Morgan fingerprint density at radius 2 is 2.29 bits per heavy atom. The molecule has 0 aliphatic carbocycles. The highest BCUT2D eigenvalue weighted by atomic mass is 79.9. The Morgan fingerprint density at radius 3 is 2.94 bits per heavy atom. The smallest absolute Gasteiger partial charge is 0.124 e. The van der Waals surface area contributed by atoms with Crippen LogP contribution in [0, 0.1) is 0 Å². The van der Waals surface area contributed by atoms with Gasteiger partial charge in [-0.15, -0.1) is 0 Å². The van der Waals surface area contributed by atoms with Gasteiger partial charge in [-0.2, -0.15) is 0 Å². The van der Waals surface area contributed by atoms with E-state index in [4.69, 9.17) is 16.1 Å². The van der Waals surface area contributed by atoms with Gasteiger partial charge in [0.25, 0.3) is 0 Å². The molecule has 0 amide bonds. The Morgan fingerprint density at radius 1 is 1.47 bits per heavy atom. The summed E-state index contributed by atoms with van der Waals surface area (Å²) in [5, 5.41) is 7.93. The van der Waals surface area contributed by atoms with Crippen LogP contribution >= 0.6 is 27.5 Å². The van der Waals surface area contributed by atoms with Crippen LogP contribution in [0.1, 0.15) is 24.2 Å². The van der Waals surface area contributed by atoms with Crippen molar-refractivity contribution in [3.8, 4) is 0 Å². The van der Waals surface area contributed by atoms with E-state index in [0.717, 1.165) is 20.8 Å². The average molecular weight is 316 g/mol. The van der Waals surface area contributed by atoms with E-state index in [-0.39, 0.29) is 6.04 Å². The monoisotopic (exact) mass is 314 g/mol. The third kappa shape index (κ3) is 3.31. The molecule has 1 atom stereocenters. The van der Waals surface area contributed by atoms with Crippen LogP contribution in [0.4, 0.5) is 0 Å². The first-order valence-electron chi connectivity index (χ1n) is 5.24. The van der Waals surface area contributed by atoms with Gasteiger partial charge in [0.1, 0.15) is 6.26 Å². The normalized spacial score (nSPS) is 12.6. The second-order valence-electron chi connectivity index (χ2n) is 3.76. The highest BCUT2D eigenvalue weighted by Gasteiger charge is 2.10. The minimum atomic E-state index is 0.160. The van der Waals surface area contributed by atoms with Gasteiger partial charge < -0.3 is 9.84 Å². The standard InChI is InChI=1S/C12H12BrClN2O/c1-8(15-7-10-4-5-17-16-10)11-3-2-9(13)6-12(11)14/h2-6,8,15H,7H2,1H3. The van der Waals surface area contributed by atoms with Crippen LogP contribution in [0.5, 0.6) is 0 Å². The van der Waals surface area contributed by atoms with E-state index in [2.05, 4.69) is 33.3 Å². The molecule has 3 nitrogen and oxygen atoms in total. The van der Waals surface area contributed by atoms with E-state index >= 15 is 0 Å². The molecule has 0 aliphatic rings. The van der Waals surface area contributed by atoms with Crippen molar-refractivity contribution in [1.82, 2.24) is 10.5 Å². The molecule has 1 aromatic carbocycles. The van der Waals surface area contributed by atoms with Gasteiger partial charge in [-0.25, -0.2) is 0 Å². The van der Waals surface area contributed by atoms with Crippen LogP contribution in [0.3, 0.4) is 0 Å². The molecule has 1 unspecified atom stereocenters. The molecular weight excluding hydrogens is 304 g/mol. The number of hydrogen-bond acceptors (Lipinski definition) is 3. The Hall–Kier alpha value is -0.840. The lowest BCUT2D eigenvalue weighted by molar-refractivity contribution is 0.406. The van der Waals surface area contributed by atoms with E-state index in [1.54, 1.807) is 6.26 Å². The first-order valence-corrected chi connectivity index (χ1v) is 6.41. The van der Waals surface area contributed by atoms with Crippen molar-refractivity contribution in [1.29, 1.82) is 0 Å². The maximum Gasteiger partial charge on any atom is 0.124 e. The molecule has 1 aromatic heterocycles. The number of benzene rings is 1. The van der Waals surface area contributed by atoms with Crippen molar-refractivity contribution in [2.24, 2.45) is 0 Å². The molecule has 5 heteroatoms. The summed E-state index contributed by atoms with van der Waals surface area (Å²) in [6.45, 7) is 2.72. The van der Waals surface area contributed by atoms with Crippen LogP contribution in [-0.2, 0) is 6.54 Å². The lowest BCUT2D eigenvalue weighted by Crippen LogP contribution is -2.18. The van der Waals surface area contributed by atoms with E-state index in [1.165, 1.54) is 0 Å². The lowest BCUT2D eigenvalue weighted by Gasteiger charge is -2.15. The van der Waals surface area contributed by atoms with Crippen molar-refractivity contribution in [2.75, 3.05) is 0 Å². The Balaban J connectivity index is 2.01. The van der Waals surface area contributed by atoms with Gasteiger partial charge in [0, 0.05) is 28.1 Å². The van der Waals surface area contributed by atoms with Crippen molar-refractivity contribution in [2.45, 2.75) is 19.5 Å². The largest absolute Gasteiger partial charge is 0.364 e. The summed E-state index contributed by atoms with van der Waals surface area (Å²) in [5.41, 5.74) is 1.95. The van der Waals surface area contributed by atoms with Crippen molar-refractivity contribution in [3.05, 3.63) is 51.3 Å². The van der Waals surface area contributed by atoms with Crippen LogP contribution in [0.25, 0.3) is 0 Å².